The van der Waals surface area contributed by atoms with Gasteiger partial charge in [0, 0.05) is 48.2 Å². The molecule has 1 N–H and O–H groups in total. The zero-order chi connectivity index (χ0) is 13.0. The van der Waals surface area contributed by atoms with E-state index in [-0.39, 0.29) is 5.91 Å². The molecule has 4 rings (SSSR count). The maximum Gasteiger partial charge on any atom is 0.253 e. The van der Waals surface area contributed by atoms with Gasteiger partial charge in [0.05, 0.1) is 11.1 Å². The molecule has 0 unspecified atom stereocenters. The van der Waals surface area contributed by atoms with Gasteiger partial charge in [0.25, 0.3) is 5.91 Å². The van der Waals surface area contributed by atoms with Crippen molar-refractivity contribution < 1.29 is 4.79 Å². The number of amides is 1. The number of hydrogen-bond donors (Lipinski definition) is 1. The maximum absolute atomic E-state index is 12.2. The van der Waals surface area contributed by atoms with E-state index >= 15 is 0 Å². The van der Waals surface area contributed by atoms with Crippen LogP contribution in [0.25, 0.3) is 21.8 Å². The van der Waals surface area contributed by atoms with Crippen molar-refractivity contribution >= 4 is 27.7 Å². The molecule has 0 fully saturated rings. The lowest BCUT2D eigenvalue weighted by atomic mass is 10.0. The fourth-order valence-corrected chi connectivity index (χ4v) is 3.06. The van der Waals surface area contributed by atoms with E-state index in [0.29, 0.717) is 6.54 Å². The Morgan fingerprint density at radius 2 is 2.21 bits per heavy atom. The quantitative estimate of drug-likeness (QED) is 0.664. The number of hydrogen-bond acceptors (Lipinski definition) is 2. The van der Waals surface area contributed by atoms with Crippen molar-refractivity contribution in [3.8, 4) is 0 Å². The van der Waals surface area contributed by atoms with Crippen molar-refractivity contribution in [1.82, 2.24) is 14.9 Å². The van der Waals surface area contributed by atoms with Crippen molar-refractivity contribution in [3.05, 3.63) is 41.7 Å². The van der Waals surface area contributed by atoms with Crippen molar-refractivity contribution in [2.45, 2.75) is 6.42 Å². The Morgan fingerprint density at radius 1 is 1.32 bits per heavy atom. The molecular weight excluding hydrogens is 238 g/mol. The van der Waals surface area contributed by atoms with Crippen LogP contribution in [0.3, 0.4) is 0 Å². The van der Waals surface area contributed by atoms with Crippen molar-refractivity contribution in [3.63, 3.8) is 0 Å². The number of fused-ring (bicyclic) bond motifs is 5. The van der Waals surface area contributed by atoms with Gasteiger partial charge in [0.1, 0.15) is 0 Å². The highest BCUT2D eigenvalue weighted by Gasteiger charge is 2.25. The summed E-state index contributed by atoms with van der Waals surface area (Å²) < 4.78 is 2.13. The van der Waals surface area contributed by atoms with E-state index in [4.69, 9.17) is 0 Å². The van der Waals surface area contributed by atoms with E-state index < -0.39 is 0 Å². The van der Waals surface area contributed by atoms with Crippen LogP contribution in [0.5, 0.6) is 0 Å². The summed E-state index contributed by atoms with van der Waals surface area (Å²) >= 11 is 0. The third-order valence-corrected chi connectivity index (χ3v) is 3.94. The number of aryl methyl sites for hydroxylation is 1. The van der Waals surface area contributed by atoms with E-state index in [1.165, 1.54) is 0 Å². The van der Waals surface area contributed by atoms with Gasteiger partial charge in [0.2, 0.25) is 0 Å². The predicted octanol–water partition coefficient (Wildman–Crippen LogP) is 2.01. The topological polar surface area (TPSA) is 46.9 Å². The number of benzene rings is 1. The lowest BCUT2D eigenvalue weighted by Crippen LogP contribution is -2.32. The second-order valence-corrected chi connectivity index (χ2v) is 4.92. The number of aromatic nitrogens is 2. The first-order valence-corrected chi connectivity index (χ1v) is 6.40. The molecule has 0 saturated heterocycles. The number of nitrogens with one attached hydrogen (secondary N) is 1. The van der Waals surface area contributed by atoms with Crippen LogP contribution in [-0.4, -0.2) is 22.0 Å². The van der Waals surface area contributed by atoms with E-state index in [1.54, 1.807) is 6.20 Å². The van der Waals surface area contributed by atoms with E-state index in [9.17, 15) is 4.79 Å². The van der Waals surface area contributed by atoms with Gasteiger partial charge in [-0.15, -0.1) is 0 Å². The molecule has 0 spiro atoms. The van der Waals surface area contributed by atoms with Crippen molar-refractivity contribution in [2.75, 3.05) is 6.54 Å². The highest BCUT2D eigenvalue weighted by Crippen LogP contribution is 2.32. The summed E-state index contributed by atoms with van der Waals surface area (Å²) in [6.07, 6.45) is 2.66. The van der Waals surface area contributed by atoms with Crippen LogP contribution in [0.1, 0.15) is 16.1 Å². The third kappa shape index (κ3) is 1.28. The molecule has 1 aliphatic rings. The Labute approximate surface area is 110 Å². The number of carbonyl (C=O) groups is 1. The molecule has 0 bridgehead atoms. The summed E-state index contributed by atoms with van der Waals surface area (Å²) in [5.74, 6) is 0.0307. The number of rotatable bonds is 0. The van der Waals surface area contributed by atoms with E-state index in [2.05, 4.69) is 20.9 Å². The summed E-state index contributed by atoms with van der Waals surface area (Å²) in [4.78, 5) is 16.6. The van der Waals surface area contributed by atoms with Gasteiger partial charge >= 0.3 is 0 Å². The minimum Gasteiger partial charge on any atom is -0.352 e. The second-order valence-electron chi connectivity index (χ2n) is 4.92. The molecule has 0 radical (unpaired) electrons. The average molecular weight is 251 g/mol. The molecule has 4 nitrogen and oxygen atoms in total. The van der Waals surface area contributed by atoms with Crippen LogP contribution in [0.2, 0.25) is 0 Å². The molecule has 2 aromatic heterocycles. The Balaban J connectivity index is 2.28. The Bertz CT molecular complexity index is 832. The molecule has 1 aliphatic heterocycles. The summed E-state index contributed by atoms with van der Waals surface area (Å²) in [7, 11) is 2.03. The van der Waals surface area contributed by atoms with Crippen LogP contribution in [0, 0.1) is 0 Å². The molecule has 1 aromatic carbocycles. The molecule has 19 heavy (non-hydrogen) atoms. The molecular formula is C15H13N3O. The Kier molecular flexibility index (Phi) is 1.98. The third-order valence-electron chi connectivity index (χ3n) is 3.94. The van der Waals surface area contributed by atoms with Gasteiger partial charge in [-0.05, 0) is 18.2 Å². The van der Waals surface area contributed by atoms with Crippen LogP contribution < -0.4 is 5.32 Å². The molecule has 0 atom stereocenters. The predicted molar refractivity (Wildman–Crippen MR) is 74.3 cm³/mol. The highest BCUT2D eigenvalue weighted by atomic mass is 16.1. The maximum atomic E-state index is 12.2. The zero-order valence-electron chi connectivity index (χ0n) is 10.6. The van der Waals surface area contributed by atoms with Gasteiger partial charge in [-0.1, -0.05) is 6.07 Å². The molecule has 3 heterocycles. The van der Waals surface area contributed by atoms with E-state index in [1.807, 2.05) is 25.2 Å². The van der Waals surface area contributed by atoms with Gasteiger partial charge < -0.3 is 9.88 Å². The summed E-state index contributed by atoms with van der Waals surface area (Å²) in [5.41, 5.74) is 3.97. The van der Waals surface area contributed by atoms with Crippen molar-refractivity contribution in [1.29, 1.82) is 0 Å². The lowest BCUT2D eigenvalue weighted by Gasteiger charge is -2.14. The first-order valence-electron chi connectivity index (χ1n) is 6.40. The number of pyridine rings is 1. The van der Waals surface area contributed by atoms with E-state index in [0.717, 1.165) is 39.5 Å². The molecule has 1 amide bonds. The number of carbonyl (C=O) groups excluding carboxylic acids is 1. The first-order chi connectivity index (χ1) is 9.27. The molecule has 0 aliphatic carbocycles. The average Bonchev–Trinajstić information content (AvgIpc) is 2.74. The normalized spacial score (nSPS) is 14.7. The zero-order valence-corrected chi connectivity index (χ0v) is 10.6. The lowest BCUT2D eigenvalue weighted by molar-refractivity contribution is 0.0947. The fourth-order valence-electron chi connectivity index (χ4n) is 3.06. The summed E-state index contributed by atoms with van der Waals surface area (Å²) in [6.45, 7) is 0.714. The molecule has 3 aromatic rings. The number of nitrogens with zero attached hydrogens (tertiary/aromatic N) is 2. The van der Waals surface area contributed by atoms with Gasteiger partial charge in [-0.3, -0.25) is 9.78 Å². The molecule has 94 valence electrons. The van der Waals surface area contributed by atoms with Gasteiger partial charge in [-0.25, -0.2) is 0 Å². The van der Waals surface area contributed by atoms with Crippen LogP contribution in [0.15, 0.2) is 30.5 Å². The smallest absolute Gasteiger partial charge is 0.253 e. The SMILES string of the molecule is Cn1c2c(c3c4cccnc4ccc31)C(=O)NCC2. The largest absolute Gasteiger partial charge is 0.352 e. The Morgan fingerprint density at radius 3 is 3.11 bits per heavy atom. The minimum atomic E-state index is 0.0307. The van der Waals surface area contributed by atoms with Crippen LogP contribution in [-0.2, 0) is 13.5 Å². The highest BCUT2D eigenvalue weighted by molar-refractivity contribution is 6.18. The van der Waals surface area contributed by atoms with Crippen molar-refractivity contribution in [2.24, 2.45) is 7.05 Å². The summed E-state index contributed by atoms with van der Waals surface area (Å²) in [6, 6.07) is 8.02. The molecule has 0 saturated carbocycles. The standard InChI is InChI=1S/C15H13N3O/c1-18-11-5-4-10-9(3-2-7-16-10)13(11)14-12(18)6-8-17-15(14)19/h2-5,7H,6,8H2,1H3,(H,17,19). The summed E-state index contributed by atoms with van der Waals surface area (Å²) in [5, 5.41) is 5.01. The monoisotopic (exact) mass is 251 g/mol. The molecule has 4 heteroatoms. The van der Waals surface area contributed by atoms with Crippen LogP contribution >= 0.6 is 0 Å². The van der Waals surface area contributed by atoms with Gasteiger partial charge in [0.15, 0.2) is 0 Å². The first kappa shape index (κ1) is 10.6. The van der Waals surface area contributed by atoms with Gasteiger partial charge in [-0.2, -0.15) is 0 Å². The second kappa shape index (κ2) is 3.57. The van der Waals surface area contributed by atoms with Crippen LogP contribution in [0.4, 0.5) is 0 Å². The minimum absolute atomic E-state index is 0.0307. The fraction of sp³-hybridized carbons (Fsp3) is 0.200. The Hall–Kier alpha value is -2.36.